The summed E-state index contributed by atoms with van der Waals surface area (Å²) in [6, 6.07) is 6.56. The summed E-state index contributed by atoms with van der Waals surface area (Å²) in [5.74, 6) is -0.195. The fraction of sp³-hybridized carbons (Fsp3) is 0.182. The highest BCUT2D eigenvalue weighted by Gasteiger charge is 2.01. The van der Waals surface area contributed by atoms with Crippen molar-refractivity contribution in [2.75, 3.05) is 12.4 Å². The topological polar surface area (TPSA) is 24.9 Å². The quantitative estimate of drug-likeness (QED) is 0.863. The normalized spacial score (nSPS) is 10.3. The number of thiazole rings is 1. The van der Waals surface area contributed by atoms with Gasteiger partial charge in [0.2, 0.25) is 0 Å². The molecule has 1 heterocycles. The van der Waals surface area contributed by atoms with Gasteiger partial charge in [-0.05, 0) is 17.7 Å². The average molecular weight is 222 g/mol. The van der Waals surface area contributed by atoms with Gasteiger partial charge in [-0.25, -0.2) is 9.37 Å². The van der Waals surface area contributed by atoms with Gasteiger partial charge in [0.05, 0.1) is 0 Å². The van der Waals surface area contributed by atoms with Crippen molar-refractivity contribution in [3.63, 3.8) is 0 Å². The summed E-state index contributed by atoms with van der Waals surface area (Å²) in [6.07, 6.45) is 2.65. The van der Waals surface area contributed by atoms with Gasteiger partial charge in [-0.1, -0.05) is 12.1 Å². The summed E-state index contributed by atoms with van der Waals surface area (Å²) in [6.45, 7) is 0. The molecule has 0 fully saturated rings. The van der Waals surface area contributed by atoms with E-state index < -0.39 is 0 Å². The lowest BCUT2D eigenvalue weighted by Crippen LogP contribution is -1.84. The molecular weight excluding hydrogens is 211 g/mol. The number of aromatic nitrogens is 1. The van der Waals surface area contributed by atoms with E-state index in [4.69, 9.17) is 0 Å². The van der Waals surface area contributed by atoms with Crippen molar-refractivity contribution in [2.24, 2.45) is 0 Å². The molecule has 0 amide bonds. The molecule has 0 unspecified atom stereocenters. The van der Waals surface area contributed by atoms with Crippen molar-refractivity contribution in [2.45, 2.75) is 6.42 Å². The fourth-order valence-electron chi connectivity index (χ4n) is 1.31. The van der Waals surface area contributed by atoms with E-state index in [1.54, 1.807) is 23.5 Å². The van der Waals surface area contributed by atoms with Gasteiger partial charge in [0.25, 0.3) is 0 Å². The molecule has 2 aromatic rings. The third-order valence-corrected chi connectivity index (χ3v) is 3.07. The first kappa shape index (κ1) is 10.1. The van der Waals surface area contributed by atoms with E-state index in [0.29, 0.717) is 0 Å². The van der Waals surface area contributed by atoms with Crippen LogP contribution in [-0.4, -0.2) is 12.0 Å². The lowest BCUT2D eigenvalue weighted by molar-refractivity contribution is 0.627. The Kier molecular flexibility index (Phi) is 2.97. The van der Waals surface area contributed by atoms with Crippen molar-refractivity contribution < 1.29 is 4.39 Å². The Morgan fingerprint density at radius 2 is 2.07 bits per heavy atom. The molecule has 78 valence electrons. The fourth-order valence-corrected chi connectivity index (χ4v) is 2.11. The molecule has 0 bridgehead atoms. The zero-order valence-corrected chi connectivity index (χ0v) is 9.14. The molecule has 1 aromatic heterocycles. The van der Waals surface area contributed by atoms with E-state index in [1.165, 1.54) is 17.0 Å². The number of rotatable bonds is 3. The molecule has 0 saturated carbocycles. The van der Waals surface area contributed by atoms with Crippen LogP contribution >= 0.6 is 11.3 Å². The molecule has 0 atom stereocenters. The summed E-state index contributed by atoms with van der Waals surface area (Å²) in [5, 5.41) is 3.90. The molecule has 0 saturated heterocycles. The highest BCUT2D eigenvalue weighted by Crippen LogP contribution is 2.20. The van der Waals surface area contributed by atoms with Crippen LogP contribution in [0.5, 0.6) is 0 Å². The first-order chi connectivity index (χ1) is 7.28. The number of hydrogen-bond donors (Lipinski definition) is 1. The number of nitrogens with zero attached hydrogens (tertiary/aromatic N) is 1. The van der Waals surface area contributed by atoms with Crippen LogP contribution in [0, 0.1) is 5.82 Å². The third-order valence-electron chi connectivity index (χ3n) is 2.06. The summed E-state index contributed by atoms with van der Waals surface area (Å²) in [7, 11) is 1.85. The van der Waals surface area contributed by atoms with Crippen LogP contribution in [0.15, 0.2) is 30.5 Å². The molecule has 0 aliphatic rings. The monoisotopic (exact) mass is 222 g/mol. The largest absolute Gasteiger partial charge is 0.365 e. The van der Waals surface area contributed by atoms with Gasteiger partial charge in [0, 0.05) is 24.5 Å². The van der Waals surface area contributed by atoms with Gasteiger partial charge in [0.15, 0.2) is 5.13 Å². The maximum absolute atomic E-state index is 12.7. The van der Waals surface area contributed by atoms with E-state index in [0.717, 1.165) is 17.1 Å². The van der Waals surface area contributed by atoms with Crippen molar-refractivity contribution in [1.82, 2.24) is 4.98 Å². The Balaban J connectivity index is 2.11. The van der Waals surface area contributed by atoms with Crippen LogP contribution in [0.1, 0.15) is 10.4 Å². The predicted octanol–water partition coefficient (Wildman–Crippen LogP) is 2.91. The van der Waals surface area contributed by atoms with Crippen LogP contribution in [0.4, 0.5) is 9.52 Å². The van der Waals surface area contributed by atoms with Gasteiger partial charge in [-0.15, -0.1) is 11.3 Å². The maximum Gasteiger partial charge on any atom is 0.182 e. The Morgan fingerprint density at radius 1 is 1.33 bits per heavy atom. The van der Waals surface area contributed by atoms with Gasteiger partial charge < -0.3 is 5.32 Å². The van der Waals surface area contributed by atoms with E-state index >= 15 is 0 Å². The molecule has 1 N–H and O–H groups in total. The molecule has 4 heteroatoms. The predicted molar refractivity (Wildman–Crippen MR) is 60.9 cm³/mol. The minimum atomic E-state index is -0.195. The zero-order chi connectivity index (χ0) is 10.7. The van der Waals surface area contributed by atoms with E-state index in [9.17, 15) is 4.39 Å². The lowest BCUT2D eigenvalue weighted by Gasteiger charge is -1.97. The molecule has 2 nitrogen and oxygen atoms in total. The van der Waals surface area contributed by atoms with Crippen LogP contribution in [-0.2, 0) is 6.42 Å². The minimum Gasteiger partial charge on any atom is -0.365 e. The van der Waals surface area contributed by atoms with Crippen LogP contribution < -0.4 is 5.32 Å². The third kappa shape index (κ3) is 2.53. The first-order valence-electron chi connectivity index (χ1n) is 4.65. The maximum atomic E-state index is 12.7. The van der Waals surface area contributed by atoms with E-state index in [2.05, 4.69) is 10.3 Å². The smallest absolute Gasteiger partial charge is 0.182 e. The summed E-state index contributed by atoms with van der Waals surface area (Å²) in [5.41, 5.74) is 1.10. The summed E-state index contributed by atoms with van der Waals surface area (Å²) in [4.78, 5) is 5.35. The molecule has 15 heavy (non-hydrogen) atoms. The van der Waals surface area contributed by atoms with Crippen molar-refractivity contribution in [3.8, 4) is 0 Å². The van der Waals surface area contributed by atoms with Crippen molar-refractivity contribution in [1.29, 1.82) is 0 Å². The number of nitrogens with one attached hydrogen (secondary N) is 1. The molecule has 1 aromatic carbocycles. The summed E-state index contributed by atoms with van der Waals surface area (Å²) < 4.78 is 12.7. The number of anilines is 1. The van der Waals surface area contributed by atoms with Crippen LogP contribution in [0.25, 0.3) is 0 Å². The van der Waals surface area contributed by atoms with Gasteiger partial charge in [0.1, 0.15) is 5.82 Å². The van der Waals surface area contributed by atoms with Gasteiger partial charge in [-0.2, -0.15) is 0 Å². The summed E-state index contributed by atoms with van der Waals surface area (Å²) >= 11 is 1.62. The Morgan fingerprint density at radius 3 is 2.67 bits per heavy atom. The second-order valence-corrected chi connectivity index (χ2v) is 4.30. The minimum absolute atomic E-state index is 0.195. The Hall–Kier alpha value is -1.42. The molecule has 0 aliphatic heterocycles. The van der Waals surface area contributed by atoms with Crippen LogP contribution in [0.2, 0.25) is 0 Å². The number of halogens is 1. The van der Waals surface area contributed by atoms with Crippen molar-refractivity contribution in [3.05, 3.63) is 46.7 Å². The standard InChI is InChI=1S/C11H11FN2S/c1-13-11-14-7-10(15-11)6-8-2-4-9(12)5-3-8/h2-5,7H,6H2,1H3,(H,13,14). The SMILES string of the molecule is CNc1ncc(Cc2ccc(F)cc2)s1. The molecular formula is C11H11FN2S. The molecule has 0 spiro atoms. The van der Waals surface area contributed by atoms with E-state index in [1.807, 2.05) is 13.2 Å². The molecule has 0 aliphatic carbocycles. The second kappa shape index (κ2) is 4.40. The zero-order valence-electron chi connectivity index (χ0n) is 8.33. The average Bonchev–Trinajstić information content (AvgIpc) is 2.69. The Bertz CT molecular complexity index is 436. The highest BCUT2D eigenvalue weighted by atomic mass is 32.1. The Labute approximate surface area is 91.8 Å². The van der Waals surface area contributed by atoms with Gasteiger partial charge in [-0.3, -0.25) is 0 Å². The highest BCUT2D eigenvalue weighted by molar-refractivity contribution is 7.15. The van der Waals surface area contributed by atoms with E-state index in [-0.39, 0.29) is 5.82 Å². The van der Waals surface area contributed by atoms with Crippen LogP contribution in [0.3, 0.4) is 0 Å². The van der Waals surface area contributed by atoms with Gasteiger partial charge >= 0.3 is 0 Å². The molecule has 0 radical (unpaired) electrons. The van der Waals surface area contributed by atoms with Crippen molar-refractivity contribution >= 4 is 16.5 Å². The number of benzene rings is 1. The first-order valence-corrected chi connectivity index (χ1v) is 5.46. The number of hydrogen-bond acceptors (Lipinski definition) is 3. The molecule has 2 rings (SSSR count). The second-order valence-electron chi connectivity index (χ2n) is 3.18. The lowest BCUT2D eigenvalue weighted by atomic mass is 10.1.